The van der Waals surface area contributed by atoms with Crippen LogP contribution >= 0.6 is 0 Å². The molecule has 156 valence electrons. The van der Waals surface area contributed by atoms with E-state index in [9.17, 15) is 14.4 Å². The third kappa shape index (κ3) is 4.15. The number of piperazine rings is 1. The van der Waals surface area contributed by atoms with Crippen LogP contribution < -0.4 is 10.2 Å². The second kappa shape index (κ2) is 8.53. The maximum atomic E-state index is 12.6. The zero-order valence-corrected chi connectivity index (χ0v) is 17.1. The fourth-order valence-corrected chi connectivity index (χ4v) is 4.78. The zero-order valence-electron chi connectivity index (χ0n) is 17.1. The van der Waals surface area contributed by atoms with Gasteiger partial charge in [0.2, 0.25) is 17.7 Å². The number of anilines is 2. The van der Waals surface area contributed by atoms with Crippen LogP contribution in [-0.2, 0) is 14.4 Å². The lowest BCUT2D eigenvalue weighted by Gasteiger charge is -2.35. The molecule has 1 aromatic rings. The van der Waals surface area contributed by atoms with Gasteiger partial charge in [0, 0.05) is 39.1 Å². The summed E-state index contributed by atoms with van der Waals surface area (Å²) in [5.74, 6) is -0.632. The lowest BCUT2D eigenvalue weighted by Crippen LogP contribution is -2.44. The summed E-state index contributed by atoms with van der Waals surface area (Å²) in [4.78, 5) is 43.6. The van der Waals surface area contributed by atoms with E-state index >= 15 is 0 Å². The molecule has 2 heterocycles. The van der Waals surface area contributed by atoms with Crippen LogP contribution in [0.1, 0.15) is 32.1 Å². The third-order valence-electron chi connectivity index (χ3n) is 6.52. The molecule has 0 radical (unpaired) electrons. The minimum absolute atomic E-state index is 0.0784. The molecule has 1 aromatic carbocycles. The largest absolute Gasteiger partial charge is 0.367 e. The van der Waals surface area contributed by atoms with Crippen molar-refractivity contribution in [2.75, 3.05) is 50.0 Å². The van der Waals surface area contributed by atoms with E-state index in [2.05, 4.69) is 22.2 Å². The van der Waals surface area contributed by atoms with E-state index in [1.807, 2.05) is 24.3 Å². The maximum absolute atomic E-state index is 12.6. The number of amides is 3. The minimum Gasteiger partial charge on any atom is -0.367 e. The molecule has 3 amide bonds. The van der Waals surface area contributed by atoms with Crippen LogP contribution in [0, 0.1) is 11.8 Å². The van der Waals surface area contributed by atoms with Gasteiger partial charge in [0.05, 0.1) is 23.2 Å². The number of imide groups is 1. The maximum Gasteiger partial charge on any atom is 0.233 e. The highest BCUT2D eigenvalue weighted by atomic mass is 16.2. The lowest BCUT2D eigenvalue weighted by atomic mass is 9.81. The smallest absolute Gasteiger partial charge is 0.233 e. The first-order chi connectivity index (χ1) is 14.0. The molecule has 2 saturated heterocycles. The van der Waals surface area contributed by atoms with Gasteiger partial charge in [-0.2, -0.15) is 0 Å². The molecule has 1 saturated carbocycles. The van der Waals surface area contributed by atoms with Crippen LogP contribution in [0.3, 0.4) is 0 Å². The average Bonchev–Trinajstić information content (AvgIpc) is 2.98. The first kappa shape index (κ1) is 19.9. The molecule has 0 spiro atoms. The van der Waals surface area contributed by atoms with Crippen molar-refractivity contribution in [3.05, 3.63) is 24.3 Å². The minimum atomic E-state index is -0.165. The van der Waals surface area contributed by atoms with Crippen molar-refractivity contribution < 1.29 is 14.4 Å². The SMILES string of the molecule is CN1CCN(c2ccccc2NC(=O)CCN2C(=O)[C@@H]3CCCC[C@H]3C2=O)CC1. The van der Waals surface area contributed by atoms with E-state index in [0.717, 1.165) is 63.2 Å². The van der Waals surface area contributed by atoms with Crippen molar-refractivity contribution in [1.82, 2.24) is 9.80 Å². The van der Waals surface area contributed by atoms with Gasteiger partial charge in [0.25, 0.3) is 0 Å². The first-order valence-electron chi connectivity index (χ1n) is 10.7. The second-order valence-corrected chi connectivity index (χ2v) is 8.43. The number of carbonyl (C=O) groups is 3. The highest BCUT2D eigenvalue weighted by Gasteiger charge is 2.47. The van der Waals surface area contributed by atoms with Gasteiger partial charge in [-0.25, -0.2) is 0 Å². The summed E-state index contributed by atoms with van der Waals surface area (Å²) >= 11 is 0. The summed E-state index contributed by atoms with van der Waals surface area (Å²) < 4.78 is 0. The summed E-state index contributed by atoms with van der Waals surface area (Å²) in [6, 6.07) is 7.82. The van der Waals surface area contributed by atoms with E-state index in [1.165, 1.54) is 4.90 Å². The summed E-state index contributed by atoms with van der Waals surface area (Å²) in [6.45, 7) is 3.99. The lowest BCUT2D eigenvalue weighted by molar-refractivity contribution is -0.140. The van der Waals surface area contributed by atoms with E-state index in [1.54, 1.807) is 0 Å². The predicted octanol–water partition coefficient (Wildman–Crippen LogP) is 1.94. The molecule has 7 heteroatoms. The molecule has 29 heavy (non-hydrogen) atoms. The van der Waals surface area contributed by atoms with Gasteiger partial charge < -0.3 is 15.1 Å². The van der Waals surface area contributed by atoms with Crippen molar-refractivity contribution >= 4 is 29.1 Å². The van der Waals surface area contributed by atoms with Gasteiger partial charge in [0.15, 0.2) is 0 Å². The fraction of sp³-hybridized carbons (Fsp3) is 0.591. The molecule has 3 aliphatic rings. The molecule has 0 aromatic heterocycles. The molecule has 3 fully saturated rings. The number of carbonyl (C=O) groups excluding carboxylic acids is 3. The number of nitrogens with zero attached hydrogens (tertiary/aromatic N) is 3. The summed E-state index contributed by atoms with van der Waals surface area (Å²) in [5, 5.41) is 2.99. The van der Waals surface area contributed by atoms with Crippen LogP contribution in [0.15, 0.2) is 24.3 Å². The molecule has 4 rings (SSSR count). The van der Waals surface area contributed by atoms with Crippen LogP contribution in [0.4, 0.5) is 11.4 Å². The van der Waals surface area contributed by atoms with Gasteiger partial charge >= 0.3 is 0 Å². The number of rotatable bonds is 5. The van der Waals surface area contributed by atoms with Crippen LogP contribution in [0.25, 0.3) is 0 Å². The van der Waals surface area contributed by atoms with E-state index in [-0.39, 0.29) is 42.5 Å². The van der Waals surface area contributed by atoms with E-state index in [4.69, 9.17) is 0 Å². The third-order valence-corrected chi connectivity index (χ3v) is 6.52. The van der Waals surface area contributed by atoms with Gasteiger partial charge in [-0.05, 0) is 32.0 Å². The Morgan fingerprint density at radius 3 is 2.28 bits per heavy atom. The van der Waals surface area contributed by atoms with E-state index in [0.29, 0.717) is 0 Å². The van der Waals surface area contributed by atoms with Gasteiger partial charge in [-0.1, -0.05) is 25.0 Å². The first-order valence-corrected chi connectivity index (χ1v) is 10.7. The summed E-state index contributed by atoms with van der Waals surface area (Å²) in [6.07, 6.45) is 3.76. The number of likely N-dealkylation sites (N-methyl/N-ethyl adjacent to an activating group) is 1. The van der Waals surface area contributed by atoms with Crippen LogP contribution in [-0.4, -0.2) is 67.3 Å². The molecule has 2 aliphatic heterocycles. The Morgan fingerprint density at radius 1 is 1.00 bits per heavy atom. The number of hydrogen-bond acceptors (Lipinski definition) is 5. The number of para-hydroxylation sites is 2. The number of hydrogen-bond donors (Lipinski definition) is 1. The fourth-order valence-electron chi connectivity index (χ4n) is 4.78. The highest BCUT2D eigenvalue weighted by Crippen LogP contribution is 2.38. The molecule has 2 atom stereocenters. The van der Waals surface area contributed by atoms with Crippen molar-refractivity contribution in [3.63, 3.8) is 0 Å². The van der Waals surface area contributed by atoms with Crippen molar-refractivity contribution in [2.45, 2.75) is 32.1 Å². The Hall–Kier alpha value is -2.41. The Bertz CT molecular complexity index is 764. The van der Waals surface area contributed by atoms with Crippen LogP contribution in [0.5, 0.6) is 0 Å². The molecule has 0 unspecified atom stereocenters. The normalized spacial score (nSPS) is 25.3. The summed E-state index contributed by atoms with van der Waals surface area (Å²) in [5.41, 5.74) is 1.81. The van der Waals surface area contributed by atoms with Crippen molar-refractivity contribution in [3.8, 4) is 0 Å². The Balaban J connectivity index is 1.36. The van der Waals surface area contributed by atoms with Crippen molar-refractivity contribution in [1.29, 1.82) is 0 Å². The quantitative estimate of drug-likeness (QED) is 0.768. The molecule has 1 aliphatic carbocycles. The summed E-state index contributed by atoms with van der Waals surface area (Å²) in [7, 11) is 2.11. The Morgan fingerprint density at radius 2 is 1.62 bits per heavy atom. The number of fused-ring (bicyclic) bond motifs is 1. The Kier molecular flexibility index (Phi) is 5.85. The molecule has 7 nitrogen and oxygen atoms in total. The molecular weight excluding hydrogens is 368 g/mol. The molecule has 0 bridgehead atoms. The number of benzene rings is 1. The number of likely N-dealkylation sites (tertiary alicyclic amines) is 1. The molecular formula is C22H30N4O3. The van der Waals surface area contributed by atoms with Gasteiger partial charge in [-0.3, -0.25) is 19.3 Å². The highest BCUT2D eigenvalue weighted by molar-refractivity contribution is 6.05. The standard InChI is InChI=1S/C22H30N4O3/c1-24-12-14-25(15-13-24)19-9-5-4-8-18(19)23-20(27)10-11-26-21(28)16-6-2-3-7-17(16)22(26)29/h4-5,8-9,16-17H,2-3,6-7,10-15H2,1H3,(H,23,27)/t16-,17-/m1/s1. The topological polar surface area (TPSA) is 73.0 Å². The number of nitrogens with one attached hydrogen (secondary N) is 1. The average molecular weight is 399 g/mol. The van der Waals surface area contributed by atoms with Crippen molar-refractivity contribution in [2.24, 2.45) is 11.8 Å². The molecule has 1 N–H and O–H groups in total. The second-order valence-electron chi connectivity index (χ2n) is 8.43. The van der Waals surface area contributed by atoms with Gasteiger partial charge in [-0.15, -0.1) is 0 Å². The monoisotopic (exact) mass is 398 g/mol. The van der Waals surface area contributed by atoms with Gasteiger partial charge in [0.1, 0.15) is 0 Å². The zero-order chi connectivity index (χ0) is 20.4. The van der Waals surface area contributed by atoms with Crippen LogP contribution in [0.2, 0.25) is 0 Å². The Labute approximate surface area is 172 Å². The van der Waals surface area contributed by atoms with E-state index < -0.39 is 0 Å². The predicted molar refractivity (Wildman–Crippen MR) is 112 cm³/mol.